The molecule has 1 heterocycles. The Kier molecular flexibility index (Phi) is 4.02. The third-order valence-electron chi connectivity index (χ3n) is 3.46. The first kappa shape index (κ1) is 12.4. The lowest BCUT2D eigenvalue weighted by Crippen LogP contribution is -2.36. The van der Waals surface area contributed by atoms with Crippen molar-refractivity contribution < 1.29 is 4.74 Å². The van der Waals surface area contributed by atoms with Gasteiger partial charge in [0.05, 0.1) is 0 Å². The summed E-state index contributed by atoms with van der Waals surface area (Å²) in [6, 6.07) is 6.18. The molecule has 0 spiro atoms. The summed E-state index contributed by atoms with van der Waals surface area (Å²) in [6.07, 6.45) is 2.56. The highest BCUT2D eigenvalue weighted by Crippen LogP contribution is 2.26. The normalized spacial score (nSPS) is 18.3. The predicted octanol–water partition coefficient (Wildman–Crippen LogP) is 1.93. The first-order valence-corrected chi connectivity index (χ1v) is 6.34. The van der Waals surface area contributed by atoms with Crippen LogP contribution >= 0.6 is 0 Å². The van der Waals surface area contributed by atoms with Crippen molar-refractivity contribution in [3.05, 3.63) is 29.3 Å². The summed E-state index contributed by atoms with van der Waals surface area (Å²) < 4.78 is 6.15. The number of ether oxygens (including phenoxy) is 1. The second-order valence-corrected chi connectivity index (χ2v) is 4.89. The van der Waals surface area contributed by atoms with Crippen LogP contribution in [0.15, 0.2) is 18.2 Å². The molecule has 3 heteroatoms. The van der Waals surface area contributed by atoms with E-state index in [2.05, 4.69) is 31.0 Å². The number of likely N-dealkylation sites (tertiary alicyclic amines) is 1. The van der Waals surface area contributed by atoms with Crippen LogP contribution in [0.1, 0.15) is 24.0 Å². The molecule has 0 atom stereocenters. The van der Waals surface area contributed by atoms with Gasteiger partial charge in [0.25, 0.3) is 0 Å². The number of hydrogen-bond donors (Lipinski definition) is 1. The molecule has 0 saturated carbocycles. The first-order chi connectivity index (χ1) is 8.20. The minimum absolute atomic E-state index is 0.345. The Morgan fingerprint density at radius 2 is 2.06 bits per heavy atom. The van der Waals surface area contributed by atoms with Crippen molar-refractivity contribution >= 4 is 0 Å². The lowest BCUT2D eigenvalue weighted by molar-refractivity contribution is 0.112. The molecule has 1 aliphatic heterocycles. The average Bonchev–Trinajstić information content (AvgIpc) is 2.34. The summed E-state index contributed by atoms with van der Waals surface area (Å²) >= 11 is 0. The molecule has 1 aromatic carbocycles. The van der Waals surface area contributed by atoms with Crippen molar-refractivity contribution in [3.8, 4) is 5.75 Å². The second-order valence-electron chi connectivity index (χ2n) is 4.89. The van der Waals surface area contributed by atoms with Crippen molar-refractivity contribution in [1.29, 1.82) is 0 Å². The molecule has 0 amide bonds. The van der Waals surface area contributed by atoms with Crippen LogP contribution in [0.4, 0.5) is 0 Å². The number of rotatable bonds is 3. The zero-order valence-corrected chi connectivity index (χ0v) is 10.8. The Bertz CT molecular complexity index is 370. The lowest BCUT2D eigenvalue weighted by Gasteiger charge is -2.30. The predicted molar refractivity (Wildman–Crippen MR) is 70.2 cm³/mol. The zero-order chi connectivity index (χ0) is 12.3. The molecule has 2 rings (SSSR count). The topological polar surface area (TPSA) is 38.5 Å². The molecule has 94 valence electrons. The number of nitrogens with zero attached hydrogens (tertiary/aromatic N) is 1. The standard InChI is InChI=1S/C14H22N2O/c1-11-4-3-5-12(10-15)14(11)17-13-6-8-16(2)9-7-13/h3-5,13H,6-10,15H2,1-2H3. The van der Waals surface area contributed by atoms with Crippen molar-refractivity contribution in [3.63, 3.8) is 0 Å². The molecule has 0 radical (unpaired) electrons. The molecule has 0 aromatic heterocycles. The van der Waals surface area contributed by atoms with Gasteiger partial charge in [-0.25, -0.2) is 0 Å². The van der Waals surface area contributed by atoms with Crippen LogP contribution < -0.4 is 10.5 Å². The minimum Gasteiger partial charge on any atom is -0.490 e. The van der Waals surface area contributed by atoms with E-state index in [1.165, 1.54) is 5.56 Å². The van der Waals surface area contributed by atoms with Crippen LogP contribution in [-0.2, 0) is 6.54 Å². The van der Waals surface area contributed by atoms with Crippen LogP contribution in [0.25, 0.3) is 0 Å². The maximum Gasteiger partial charge on any atom is 0.127 e. The highest BCUT2D eigenvalue weighted by Gasteiger charge is 2.19. The number of hydrogen-bond acceptors (Lipinski definition) is 3. The van der Waals surface area contributed by atoms with E-state index in [-0.39, 0.29) is 0 Å². The fourth-order valence-electron chi connectivity index (χ4n) is 2.31. The summed E-state index contributed by atoms with van der Waals surface area (Å²) in [5.41, 5.74) is 8.06. The number of piperidine rings is 1. The zero-order valence-electron chi connectivity index (χ0n) is 10.8. The average molecular weight is 234 g/mol. The van der Waals surface area contributed by atoms with E-state index >= 15 is 0 Å². The smallest absolute Gasteiger partial charge is 0.127 e. The van der Waals surface area contributed by atoms with Gasteiger partial charge < -0.3 is 15.4 Å². The van der Waals surface area contributed by atoms with Gasteiger partial charge in [0.15, 0.2) is 0 Å². The summed E-state index contributed by atoms with van der Waals surface area (Å²) in [7, 11) is 2.16. The second kappa shape index (κ2) is 5.52. The van der Waals surface area contributed by atoms with Gasteiger partial charge in [-0.3, -0.25) is 0 Å². The molecule has 0 bridgehead atoms. The molecule has 1 aromatic rings. The van der Waals surface area contributed by atoms with Gasteiger partial charge in [-0.05, 0) is 32.4 Å². The first-order valence-electron chi connectivity index (χ1n) is 6.34. The molecule has 2 N–H and O–H groups in total. The van der Waals surface area contributed by atoms with Gasteiger partial charge in [-0.2, -0.15) is 0 Å². The van der Waals surface area contributed by atoms with Gasteiger partial charge in [0.1, 0.15) is 11.9 Å². The summed E-state index contributed by atoms with van der Waals surface area (Å²) in [5.74, 6) is 1.00. The Labute approximate surface area is 104 Å². The third-order valence-corrected chi connectivity index (χ3v) is 3.46. The van der Waals surface area contributed by atoms with Crippen LogP contribution in [0.2, 0.25) is 0 Å². The maximum absolute atomic E-state index is 6.15. The van der Waals surface area contributed by atoms with E-state index in [1.54, 1.807) is 0 Å². The van der Waals surface area contributed by atoms with Gasteiger partial charge in [-0.1, -0.05) is 18.2 Å². The van der Waals surface area contributed by atoms with Crippen LogP contribution in [0.3, 0.4) is 0 Å². The van der Waals surface area contributed by atoms with Gasteiger partial charge in [-0.15, -0.1) is 0 Å². The Morgan fingerprint density at radius 3 is 2.71 bits per heavy atom. The largest absolute Gasteiger partial charge is 0.490 e. The fraction of sp³-hybridized carbons (Fsp3) is 0.571. The Balaban J connectivity index is 2.07. The molecule has 1 fully saturated rings. The maximum atomic E-state index is 6.15. The third kappa shape index (κ3) is 2.99. The molecule has 0 unspecified atom stereocenters. The molecule has 1 saturated heterocycles. The number of para-hydroxylation sites is 1. The number of benzene rings is 1. The van der Waals surface area contributed by atoms with Crippen molar-refractivity contribution in [2.45, 2.75) is 32.4 Å². The summed E-state index contributed by atoms with van der Waals surface area (Å²) in [5, 5.41) is 0. The highest BCUT2D eigenvalue weighted by atomic mass is 16.5. The van der Waals surface area contributed by atoms with E-state index in [4.69, 9.17) is 10.5 Å². The molecular weight excluding hydrogens is 212 g/mol. The van der Waals surface area contributed by atoms with Crippen LogP contribution in [0, 0.1) is 6.92 Å². The Hall–Kier alpha value is -1.06. The summed E-state index contributed by atoms with van der Waals surface area (Å²) in [4.78, 5) is 2.35. The minimum atomic E-state index is 0.345. The van der Waals surface area contributed by atoms with Gasteiger partial charge >= 0.3 is 0 Å². The monoisotopic (exact) mass is 234 g/mol. The van der Waals surface area contributed by atoms with Crippen molar-refractivity contribution in [1.82, 2.24) is 4.90 Å². The SMILES string of the molecule is Cc1cccc(CN)c1OC1CCN(C)CC1. The van der Waals surface area contributed by atoms with E-state index in [0.717, 1.165) is 37.2 Å². The van der Waals surface area contributed by atoms with Crippen LogP contribution in [0.5, 0.6) is 5.75 Å². The number of nitrogens with two attached hydrogens (primary N) is 1. The van der Waals surface area contributed by atoms with Crippen molar-refractivity contribution in [2.24, 2.45) is 5.73 Å². The van der Waals surface area contributed by atoms with Gasteiger partial charge in [0.2, 0.25) is 0 Å². The fourth-order valence-corrected chi connectivity index (χ4v) is 2.31. The molecule has 1 aliphatic rings. The molecular formula is C14H22N2O. The molecule has 3 nitrogen and oxygen atoms in total. The van der Waals surface area contributed by atoms with E-state index in [9.17, 15) is 0 Å². The van der Waals surface area contributed by atoms with Crippen LogP contribution in [-0.4, -0.2) is 31.1 Å². The van der Waals surface area contributed by atoms with E-state index in [0.29, 0.717) is 12.6 Å². The van der Waals surface area contributed by atoms with Gasteiger partial charge in [0, 0.05) is 25.2 Å². The highest BCUT2D eigenvalue weighted by molar-refractivity contribution is 5.40. The number of aryl methyl sites for hydroxylation is 1. The molecule has 0 aliphatic carbocycles. The van der Waals surface area contributed by atoms with E-state index < -0.39 is 0 Å². The van der Waals surface area contributed by atoms with Crippen molar-refractivity contribution in [2.75, 3.05) is 20.1 Å². The summed E-state index contributed by atoms with van der Waals surface area (Å²) in [6.45, 7) is 4.87. The molecule has 17 heavy (non-hydrogen) atoms. The lowest BCUT2D eigenvalue weighted by atomic mass is 10.1. The Morgan fingerprint density at radius 1 is 1.35 bits per heavy atom. The quantitative estimate of drug-likeness (QED) is 0.868. The van der Waals surface area contributed by atoms with E-state index in [1.807, 2.05) is 6.07 Å².